The summed E-state index contributed by atoms with van der Waals surface area (Å²) in [6.07, 6.45) is 0. The monoisotopic (exact) mass is 328 g/mol. The quantitative estimate of drug-likeness (QED) is 0.903. The molecule has 2 rings (SSSR count). The first-order valence-corrected chi connectivity index (χ1v) is 7.37. The van der Waals surface area contributed by atoms with Crippen LogP contribution in [0.1, 0.15) is 19.4 Å². The van der Waals surface area contributed by atoms with Crippen molar-refractivity contribution in [2.24, 2.45) is 11.8 Å². The normalized spacial score (nSPS) is 19.1. The molecule has 1 heterocycles. The highest BCUT2D eigenvalue weighted by molar-refractivity contribution is 9.10. The number of halogens is 1. The van der Waals surface area contributed by atoms with Gasteiger partial charge in [-0.2, -0.15) is 0 Å². The molecule has 0 amide bonds. The van der Waals surface area contributed by atoms with E-state index in [0.29, 0.717) is 19.1 Å². The Kier molecular flexibility index (Phi) is 4.54. The number of hydrogen-bond donors (Lipinski definition) is 1. The number of rotatable bonds is 5. The van der Waals surface area contributed by atoms with Gasteiger partial charge in [0.05, 0.1) is 25.7 Å². The fourth-order valence-corrected chi connectivity index (χ4v) is 3.35. The van der Waals surface area contributed by atoms with Gasteiger partial charge in [-0.05, 0) is 30.0 Å². The topological polar surface area (TPSA) is 38.7 Å². The molecule has 0 aromatic heterocycles. The van der Waals surface area contributed by atoms with Crippen LogP contribution in [0.25, 0.3) is 0 Å². The van der Waals surface area contributed by atoms with Crippen LogP contribution in [-0.4, -0.2) is 32.0 Å². The summed E-state index contributed by atoms with van der Waals surface area (Å²) in [7, 11) is 1.68. The molecule has 1 unspecified atom stereocenters. The summed E-state index contributed by atoms with van der Waals surface area (Å²) < 4.78 is 12.0. The maximum Gasteiger partial charge on any atom is 0.122 e. The summed E-state index contributed by atoms with van der Waals surface area (Å²) in [6.45, 7) is 5.74. The van der Waals surface area contributed by atoms with Crippen LogP contribution < -0.4 is 4.74 Å². The first-order chi connectivity index (χ1) is 9.05. The van der Waals surface area contributed by atoms with Crippen LogP contribution in [-0.2, 0) is 10.2 Å². The third-order valence-corrected chi connectivity index (χ3v) is 4.62. The van der Waals surface area contributed by atoms with Gasteiger partial charge in [-0.3, -0.25) is 0 Å². The molecule has 1 aliphatic heterocycles. The molecule has 1 fully saturated rings. The van der Waals surface area contributed by atoms with E-state index in [0.717, 1.165) is 15.8 Å². The Hall–Kier alpha value is -0.580. The number of benzene rings is 1. The van der Waals surface area contributed by atoms with E-state index in [9.17, 15) is 5.11 Å². The van der Waals surface area contributed by atoms with Crippen molar-refractivity contribution >= 4 is 15.9 Å². The predicted octanol–water partition coefficient (Wildman–Crippen LogP) is 2.99. The van der Waals surface area contributed by atoms with E-state index in [2.05, 4.69) is 35.8 Å². The summed E-state index contributed by atoms with van der Waals surface area (Å²) in [5.41, 5.74) is 0.987. The van der Waals surface area contributed by atoms with Crippen LogP contribution in [0.15, 0.2) is 22.7 Å². The predicted molar refractivity (Wildman–Crippen MR) is 78.6 cm³/mol. The molecule has 1 saturated heterocycles. The molecule has 1 aromatic rings. The third kappa shape index (κ3) is 2.54. The van der Waals surface area contributed by atoms with Gasteiger partial charge in [0.25, 0.3) is 0 Å². The van der Waals surface area contributed by atoms with Gasteiger partial charge in [0.2, 0.25) is 0 Å². The Labute approximate surface area is 123 Å². The fraction of sp³-hybridized carbons (Fsp3) is 0.600. The van der Waals surface area contributed by atoms with Crippen molar-refractivity contribution in [3.8, 4) is 5.75 Å². The first-order valence-electron chi connectivity index (χ1n) is 6.58. The fourth-order valence-electron chi connectivity index (χ4n) is 2.98. The molecular weight excluding hydrogens is 308 g/mol. The minimum absolute atomic E-state index is 0.141. The van der Waals surface area contributed by atoms with Crippen LogP contribution in [0.5, 0.6) is 5.75 Å². The van der Waals surface area contributed by atoms with Gasteiger partial charge in [0.1, 0.15) is 5.75 Å². The van der Waals surface area contributed by atoms with Gasteiger partial charge < -0.3 is 14.6 Å². The minimum atomic E-state index is -0.141. The smallest absolute Gasteiger partial charge is 0.122 e. The summed E-state index contributed by atoms with van der Waals surface area (Å²) >= 11 is 3.52. The molecule has 0 radical (unpaired) electrons. The van der Waals surface area contributed by atoms with Crippen molar-refractivity contribution < 1.29 is 14.6 Å². The van der Waals surface area contributed by atoms with Crippen molar-refractivity contribution in [3.05, 3.63) is 28.2 Å². The molecule has 3 nitrogen and oxygen atoms in total. The Bertz CT molecular complexity index is 441. The average molecular weight is 329 g/mol. The maximum atomic E-state index is 9.78. The molecule has 0 aliphatic carbocycles. The Morgan fingerprint density at radius 1 is 1.42 bits per heavy atom. The van der Waals surface area contributed by atoms with Gasteiger partial charge in [-0.25, -0.2) is 0 Å². The van der Waals surface area contributed by atoms with Crippen molar-refractivity contribution in [2.75, 3.05) is 26.9 Å². The van der Waals surface area contributed by atoms with Gasteiger partial charge in [0.15, 0.2) is 0 Å². The second-order valence-electron chi connectivity index (χ2n) is 5.53. The van der Waals surface area contributed by atoms with Gasteiger partial charge in [-0.15, -0.1) is 0 Å². The zero-order valence-electron chi connectivity index (χ0n) is 11.6. The van der Waals surface area contributed by atoms with E-state index in [1.165, 1.54) is 0 Å². The van der Waals surface area contributed by atoms with Crippen LogP contribution in [0, 0.1) is 11.8 Å². The SMILES string of the molecule is COc1ccc(Br)cc1C1(C(CO)C(C)C)COC1. The third-order valence-electron chi connectivity index (χ3n) is 4.13. The second-order valence-corrected chi connectivity index (χ2v) is 6.44. The number of aliphatic hydroxyl groups is 1. The van der Waals surface area contributed by atoms with E-state index in [4.69, 9.17) is 9.47 Å². The van der Waals surface area contributed by atoms with E-state index < -0.39 is 0 Å². The van der Waals surface area contributed by atoms with Crippen LogP contribution >= 0.6 is 15.9 Å². The number of ether oxygens (including phenoxy) is 2. The lowest BCUT2D eigenvalue weighted by Crippen LogP contribution is -2.55. The molecular formula is C15H21BrO3. The summed E-state index contributed by atoms with van der Waals surface area (Å²) in [6, 6.07) is 6.03. The molecule has 4 heteroatoms. The highest BCUT2D eigenvalue weighted by Gasteiger charge is 2.49. The molecule has 1 aromatic carbocycles. The van der Waals surface area contributed by atoms with Crippen LogP contribution in [0.2, 0.25) is 0 Å². The van der Waals surface area contributed by atoms with E-state index in [1.54, 1.807) is 7.11 Å². The van der Waals surface area contributed by atoms with Crippen molar-refractivity contribution in [1.82, 2.24) is 0 Å². The van der Waals surface area contributed by atoms with Crippen molar-refractivity contribution in [1.29, 1.82) is 0 Å². The molecule has 1 N–H and O–H groups in total. The molecule has 106 valence electrons. The highest BCUT2D eigenvalue weighted by atomic mass is 79.9. The zero-order chi connectivity index (χ0) is 14.0. The number of aliphatic hydroxyl groups excluding tert-OH is 1. The lowest BCUT2D eigenvalue weighted by molar-refractivity contribution is -0.111. The lowest BCUT2D eigenvalue weighted by Gasteiger charge is -2.49. The highest BCUT2D eigenvalue weighted by Crippen LogP contribution is 2.46. The number of hydrogen-bond acceptors (Lipinski definition) is 3. The Balaban J connectivity index is 2.49. The van der Waals surface area contributed by atoms with Gasteiger partial charge in [0, 0.05) is 16.6 Å². The maximum absolute atomic E-state index is 9.78. The zero-order valence-corrected chi connectivity index (χ0v) is 13.2. The molecule has 0 spiro atoms. The Morgan fingerprint density at radius 3 is 2.53 bits per heavy atom. The van der Waals surface area contributed by atoms with E-state index in [1.807, 2.05) is 12.1 Å². The van der Waals surface area contributed by atoms with Crippen molar-refractivity contribution in [3.63, 3.8) is 0 Å². The average Bonchev–Trinajstić information content (AvgIpc) is 2.33. The molecule has 0 saturated carbocycles. The van der Waals surface area contributed by atoms with E-state index in [-0.39, 0.29) is 17.9 Å². The summed E-state index contributed by atoms with van der Waals surface area (Å²) in [5, 5.41) is 9.78. The van der Waals surface area contributed by atoms with E-state index >= 15 is 0 Å². The van der Waals surface area contributed by atoms with Crippen molar-refractivity contribution in [2.45, 2.75) is 19.3 Å². The summed E-state index contributed by atoms with van der Waals surface area (Å²) in [4.78, 5) is 0. The first kappa shape index (κ1) is 14.8. The van der Waals surface area contributed by atoms with Crippen LogP contribution in [0.4, 0.5) is 0 Å². The van der Waals surface area contributed by atoms with Gasteiger partial charge in [-0.1, -0.05) is 29.8 Å². The van der Waals surface area contributed by atoms with Gasteiger partial charge >= 0.3 is 0 Å². The second kappa shape index (κ2) is 5.81. The molecule has 1 atom stereocenters. The largest absolute Gasteiger partial charge is 0.496 e. The lowest BCUT2D eigenvalue weighted by atomic mass is 9.64. The Morgan fingerprint density at radius 2 is 2.11 bits per heavy atom. The van der Waals surface area contributed by atoms with Crippen LogP contribution in [0.3, 0.4) is 0 Å². The molecule has 0 bridgehead atoms. The number of methoxy groups -OCH3 is 1. The minimum Gasteiger partial charge on any atom is -0.496 e. The molecule has 1 aliphatic rings. The standard InChI is InChI=1S/C15H21BrO3/c1-10(2)13(7-17)15(8-19-9-15)12-6-11(16)4-5-14(12)18-3/h4-6,10,13,17H,7-9H2,1-3H3. The molecule has 19 heavy (non-hydrogen) atoms. The summed E-state index contributed by atoms with van der Waals surface area (Å²) in [5.74, 6) is 1.42.